The molecule has 0 saturated heterocycles. The number of nitrogens with one attached hydrogen (secondary N) is 1. The van der Waals surface area contributed by atoms with Crippen LogP contribution in [0.5, 0.6) is 0 Å². The highest BCUT2D eigenvalue weighted by atomic mass is 35.5. The molecule has 0 bridgehead atoms. The highest BCUT2D eigenvalue weighted by Gasteiger charge is 2.16. The number of nitrogens with two attached hydrogens (primary N) is 1. The van der Waals surface area contributed by atoms with E-state index in [1.54, 1.807) is 13.2 Å². The molecule has 0 spiro atoms. The van der Waals surface area contributed by atoms with Gasteiger partial charge in [0.15, 0.2) is 5.15 Å². The lowest BCUT2D eigenvalue weighted by Gasteiger charge is -2.08. The van der Waals surface area contributed by atoms with Crippen molar-refractivity contribution in [2.45, 2.75) is 24.9 Å². The number of carbonyl (C=O) groups excluding carboxylic acids is 1. The number of allylic oxidation sites excluding steroid dienone is 1. The summed E-state index contributed by atoms with van der Waals surface area (Å²) in [6.07, 6.45) is 8.00. The van der Waals surface area contributed by atoms with Crippen molar-refractivity contribution >= 4 is 35.0 Å². The number of ether oxygens (including phenoxy) is 1. The first-order chi connectivity index (χ1) is 11.6. The maximum Gasteiger partial charge on any atom is 0.362 e. The molecule has 0 fully saturated rings. The van der Waals surface area contributed by atoms with Gasteiger partial charge >= 0.3 is 5.97 Å². The lowest BCUT2D eigenvalue weighted by atomic mass is 10.0. The van der Waals surface area contributed by atoms with Crippen molar-refractivity contribution in [1.82, 2.24) is 20.2 Å². The Labute approximate surface area is 149 Å². The number of halogens is 1. The van der Waals surface area contributed by atoms with Crippen molar-refractivity contribution in [3.05, 3.63) is 40.4 Å². The molecule has 3 rings (SSSR count). The third kappa shape index (κ3) is 4.48. The van der Waals surface area contributed by atoms with Gasteiger partial charge in [0.25, 0.3) is 0 Å². The van der Waals surface area contributed by atoms with Crippen LogP contribution in [0.15, 0.2) is 23.5 Å². The largest absolute Gasteiger partial charge is 0.461 e. The average Bonchev–Trinajstić information content (AvgIpc) is 3.05. The topological polar surface area (TPSA) is 107 Å². The predicted octanol–water partition coefficient (Wildman–Crippen LogP) is 2.68. The number of aromatic nitrogens is 4. The van der Waals surface area contributed by atoms with Crippen LogP contribution < -0.4 is 5.73 Å². The van der Waals surface area contributed by atoms with E-state index in [0.29, 0.717) is 5.16 Å². The van der Waals surface area contributed by atoms with Crippen molar-refractivity contribution < 1.29 is 9.53 Å². The Balaban J connectivity index is 0.000000182. The monoisotopic (exact) mass is 367 g/mol. The quantitative estimate of drug-likeness (QED) is 0.634. The minimum atomic E-state index is -0.606. The summed E-state index contributed by atoms with van der Waals surface area (Å²) in [5.41, 5.74) is 9.03. The van der Waals surface area contributed by atoms with E-state index in [1.165, 1.54) is 17.3 Å². The van der Waals surface area contributed by atoms with Crippen molar-refractivity contribution in [2.24, 2.45) is 5.73 Å². The maximum atomic E-state index is 11.2. The molecule has 9 heteroatoms. The van der Waals surface area contributed by atoms with Crippen molar-refractivity contribution in [1.29, 1.82) is 0 Å². The first kappa shape index (κ1) is 18.3. The van der Waals surface area contributed by atoms with Gasteiger partial charge in [-0.1, -0.05) is 29.4 Å². The van der Waals surface area contributed by atoms with Crippen molar-refractivity contribution in [3.63, 3.8) is 0 Å². The SMILES string of the molecule is CCOC(=O)c1nnc(SC)nc1Cl.NC1=CCCc2cc[nH]c21. The van der Waals surface area contributed by atoms with Gasteiger partial charge in [0.1, 0.15) is 0 Å². The fraction of sp³-hybridized carbons (Fsp3) is 0.333. The van der Waals surface area contributed by atoms with E-state index in [0.717, 1.165) is 24.2 Å². The molecule has 0 aliphatic heterocycles. The van der Waals surface area contributed by atoms with Gasteiger partial charge in [-0.3, -0.25) is 0 Å². The second-order valence-corrected chi connectivity index (χ2v) is 5.87. The van der Waals surface area contributed by atoms with Crippen LogP contribution >= 0.6 is 23.4 Å². The zero-order valence-electron chi connectivity index (χ0n) is 13.4. The molecule has 24 heavy (non-hydrogen) atoms. The maximum absolute atomic E-state index is 11.2. The van der Waals surface area contributed by atoms with Gasteiger partial charge in [-0.05, 0) is 37.7 Å². The lowest BCUT2D eigenvalue weighted by molar-refractivity contribution is 0.0517. The van der Waals surface area contributed by atoms with Gasteiger partial charge in [0.05, 0.1) is 18.0 Å². The Morgan fingerprint density at radius 1 is 1.50 bits per heavy atom. The first-order valence-corrected chi connectivity index (χ1v) is 8.90. The van der Waals surface area contributed by atoms with E-state index in [1.807, 2.05) is 6.20 Å². The molecule has 0 atom stereocenters. The Morgan fingerprint density at radius 3 is 2.92 bits per heavy atom. The van der Waals surface area contributed by atoms with Gasteiger partial charge in [0, 0.05) is 6.20 Å². The number of carbonyl (C=O) groups is 1. The second-order valence-electron chi connectivity index (χ2n) is 4.73. The average molecular weight is 368 g/mol. The minimum absolute atomic E-state index is 0.0165. The smallest absolute Gasteiger partial charge is 0.362 e. The molecule has 0 radical (unpaired) electrons. The number of aromatic amines is 1. The fourth-order valence-electron chi connectivity index (χ4n) is 2.07. The van der Waals surface area contributed by atoms with Crippen LogP contribution in [-0.2, 0) is 11.2 Å². The fourth-order valence-corrected chi connectivity index (χ4v) is 2.62. The third-order valence-corrected chi connectivity index (χ3v) is 3.98. The van der Waals surface area contributed by atoms with Crippen LogP contribution in [0.3, 0.4) is 0 Å². The molecule has 128 valence electrons. The molecule has 0 amide bonds. The Morgan fingerprint density at radius 2 is 2.29 bits per heavy atom. The number of esters is 1. The predicted molar refractivity (Wildman–Crippen MR) is 93.9 cm³/mol. The molecular formula is C15H18ClN5O2S. The van der Waals surface area contributed by atoms with Gasteiger partial charge in [0.2, 0.25) is 10.9 Å². The van der Waals surface area contributed by atoms with E-state index in [-0.39, 0.29) is 17.5 Å². The summed E-state index contributed by atoms with van der Waals surface area (Å²) in [7, 11) is 0. The first-order valence-electron chi connectivity index (χ1n) is 7.30. The highest BCUT2D eigenvalue weighted by Crippen LogP contribution is 2.20. The van der Waals surface area contributed by atoms with Crippen molar-refractivity contribution in [2.75, 3.05) is 12.9 Å². The van der Waals surface area contributed by atoms with Gasteiger partial charge in [-0.2, -0.15) is 0 Å². The summed E-state index contributed by atoms with van der Waals surface area (Å²) < 4.78 is 4.71. The molecule has 1 aliphatic carbocycles. The summed E-state index contributed by atoms with van der Waals surface area (Å²) in [5.74, 6) is -0.606. The molecular weight excluding hydrogens is 350 g/mol. The van der Waals surface area contributed by atoms with Gasteiger partial charge < -0.3 is 15.5 Å². The summed E-state index contributed by atoms with van der Waals surface area (Å²) in [6.45, 7) is 1.96. The van der Waals surface area contributed by atoms with E-state index < -0.39 is 5.97 Å². The van der Waals surface area contributed by atoms with Crippen LogP contribution in [0.25, 0.3) is 5.70 Å². The molecule has 2 heterocycles. The molecule has 2 aromatic rings. The number of nitrogens with zero attached hydrogens (tertiary/aromatic N) is 3. The molecule has 2 aromatic heterocycles. The summed E-state index contributed by atoms with van der Waals surface area (Å²) in [5, 5.41) is 7.74. The number of H-pyrrole nitrogens is 1. The van der Waals surface area contributed by atoms with Gasteiger partial charge in [-0.15, -0.1) is 10.2 Å². The third-order valence-electron chi connectivity index (χ3n) is 3.18. The number of hydrogen-bond acceptors (Lipinski definition) is 7. The molecule has 1 aliphatic rings. The molecule has 7 nitrogen and oxygen atoms in total. The summed E-state index contributed by atoms with van der Waals surface area (Å²) >= 11 is 7.01. The zero-order chi connectivity index (χ0) is 17.5. The van der Waals surface area contributed by atoms with E-state index in [9.17, 15) is 4.79 Å². The Bertz CT molecular complexity index is 747. The minimum Gasteiger partial charge on any atom is -0.461 e. The summed E-state index contributed by atoms with van der Waals surface area (Å²) in [4.78, 5) is 18.2. The Hall–Kier alpha value is -2.06. The van der Waals surface area contributed by atoms with Crippen LogP contribution in [0.4, 0.5) is 0 Å². The Kier molecular flexibility index (Phi) is 6.62. The number of aryl methyl sites for hydroxylation is 1. The van der Waals surface area contributed by atoms with Crippen LogP contribution in [0.2, 0.25) is 5.15 Å². The lowest BCUT2D eigenvalue weighted by Crippen LogP contribution is -2.10. The normalized spacial score (nSPS) is 12.5. The molecule has 0 saturated carbocycles. The highest BCUT2D eigenvalue weighted by molar-refractivity contribution is 7.98. The number of rotatable bonds is 3. The number of thioether (sulfide) groups is 1. The zero-order valence-corrected chi connectivity index (χ0v) is 14.9. The standard InChI is InChI=1S/C8H10N2.C7H8ClN3O2S/c9-7-3-1-2-6-4-5-10-8(6)7;1-3-13-6(12)4-5(8)9-7(14-2)11-10-4/h3-5,10H,1-2,9H2;3H2,1-2H3. The van der Waals surface area contributed by atoms with Crippen LogP contribution in [-0.4, -0.2) is 39.0 Å². The second kappa shape index (κ2) is 8.70. The van der Waals surface area contributed by atoms with E-state index in [2.05, 4.69) is 32.3 Å². The van der Waals surface area contributed by atoms with Crippen LogP contribution in [0, 0.1) is 0 Å². The van der Waals surface area contributed by atoms with E-state index >= 15 is 0 Å². The number of hydrogen-bond donors (Lipinski definition) is 2. The molecule has 0 aromatic carbocycles. The molecule has 0 unspecified atom stereocenters. The van der Waals surface area contributed by atoms with E-state index in [4.69, 9.17) is 22.1 Å². The number of fused-ring (bicyclic) bond motifs is 1. The van der Waals surface area contributed by atoms with Gasteiger partial charge in [-0.25, -0.2) is 9.78 Å². The van der Waals surface area contributed by atoms with Crippen molar-refractivity contribution in [3.8, 4) is 0 Å². The summed E-state index contributed by atoms with van der Waals surface area (Å²) in [6, 6.07) is 2.09. The molecule has 3 N–H and O–H groups in total. The van der Waals surface area contributed by atoms with Crippen LogP contribution in [0.1, 0.15) is 35.1 Å².